The Bertz CT molecular complexity index is 2970. The number of nitrogens with one attached hydrogen (secondary N) is 14. The maximum atomic E-state index is 14.7. The van der Waals surface area contributed by atoms with Crippen LogP contribution in [-0.4, -0.2) is 191 Å². The lowest BCUT2D eigenvalue weighted by Gasteiger charge is -2.28. The van der Waals surface area contributed by atoms with E-state index in [1.54, 1.807) is 6.26 Å². The average Bonchev–Trinajstić information content (AvgIpc) is 4.31. The summed E-state index contributed by atoms with van der Waals surface area (Å²) >= 11 is 1.33. The number of H-pyrrole nitrogens is 6. The highest BCUT2D eigenvalue weighted by atomic mass is 32.2. The predicted molar refractivity (Wildman–Crippen MR) is 283 cm³/mol. The number of carboxylic acid groups (broad SMARTS) is 1. The molecule has 0 aliphatic heterocycles. The first-order chi connectivity index (χ1) is 39.0. The minimum absolute atomic E-state index is 0.0140. The number of nitrogens with zero attached hydrogens (tertiary/aromatic N) is 6. The van der Waals surface area contributed by atoms with E-state index in [1.807, 2.05) is 0 Å². The number of hydrogen-bond donors (Lipinski definition) is 17. The van der Waals surface area contributed by atoms with Gasteiger partial charge in [-0.3, -0.25) is 43.2 Å². The molecule has 0 radical (unpaired) electrons. The summed E-state index contributed by atoms with van der Waals surface area (Å²) in [5.74, 6) is -9.24. The van der Waals surface area contributed by atoms with Crippen LogP contribution in [0.2, 0.25) is 0 Å². The summed E-state index contributed by atoms with van der Waals surface area (Å²) in [6.45, 7) is -0.443. The number of rotatable bonds is 34. The van der Waals surface area contributed by atoms with E-state index in [-0.39, 0.29) is 44.9 Å². The lowest BCUT2D eigenvalue weighted by Crippen LogP contribution is -2.61. The summed E-state index contributed by atoms with van der Waals surface area (Å²) in [7, 11) is 0. The standard InChI is InChI=1S/C47H62N22O11S/c1-81-3-2-30(47(79)80)63-46(78)37(10-38(49)70)69-45(77)36(9-29-17-55-23-61-29)68-44(76)35(8-28-16-54-22-60-28)67-43(75)34(7-27-15-53-21-59-27)66-42(74)33(6-26-14-52-20-58-26)65-41(73)32(5-25-13-51-19-57-25)64-40(72)31(62-39(71)11-48)4-24-12-50-18-56-24/h12-23,30-37H,2-11,48H2,1H3,(H2,49,70)(H,50,56)(H,51,57)(H,52,58)(H,53,59)(H,54,60)(H,55,61)(H,62,71)(H,63,78)(H,64,72)(H,65,73)(H,66,74)(H,67,75)(H,68,76)(H,69,77)(H,79,80). The molecule has 33 nitrogen and oxygen atoms in total. The molecule has 0 saturated carbocycles. The van der Waals surface area contributed by atoms with Gasteiger partial charge in [-0.2, -0.15) is 11.8 Å². The molecule has 8 unspecified atom stereocenters. The first-order valence-electron chi connectivity index (χ1n) is 24.9. The van der Waals surface area contributed by atoms with Gasteiger partial charge in [0.1, 0.15) is 48.3 Å². The van der Waals surface area contributed by atoms with Crippen LogP contribution in [0.1, 0.15) is 47.0 Å². The Morgan fingerprint density at radius 2 is 0.679 bits per heavy atom. The Morgan fingerprint density at radius 3 is 0.901 bits per heavy atom. The Labute approximate surface area is 463 Å². The maximum Gasteiger partial charge on any atom is 0.326 e. The molecule has 9 amide bonds. The van der Waals surface area contributed by atoms with Crippen molar-refractivity contribution >= 4 is 70.9 Å². The molecule has 6 aromatic rings. The van der Waals surface area contributed by atoms with Crippen molar-refractivity contribution in [1.29, 1.82) is 0 Å². The van der Waals surface area contributed by atoms with Gasteiger partial charge in [0.2, 0.25) is 53.2 Å². The Hall–Kier alpha value is -9.73. The van der Waals surface area contributed by atoms with E-state index in [9.17, 15) is 53.1 Å². The summed E-state index contributed by atoms with van der Waals surface area (Å²) in [4.78, 5) is 178. The fraction of sp³-hybridized carbons (Fsp3) is 0.404. The minimum atomic E-state index is -1.69. The van der Waals surface area contributed by atoms with E-state index in [0.29, 0.717) is 39.9 Å². The number of carbonyl (C=O) groups is 10. The molecule has 19 N–H and O–H groups in total. The van der Waals surface area contributed by atoms with E-state index >= 15 is 0 Å². The molecule has 34 heteroatoms. The number of aromatic amines is 6. The number of carbonyl (C=O) groups excluding carboxylic acids is 9. The largest absolute Gasteiger partial charge is 0.480 e. The van der Waals surface area contributed by atoms with Crippen LogP contribution in [0.4, 0.5) is 0 Å². The molecule has 8 atom stereocenters. The highest BCUT2D eigenvalue weighted by Crippen LogP contribution is 2.11. The number of primary amides is 1. The van der Waals surface area contributed by atoms with Crippen molar-refractivity contribution in [3.05, 3.63) is 109 Å². The first-order valence-corrected chi connectivity index (χ1v) is 26.3. The number of imidazole rings is 6. The first kappa shape index (κ1) is 60.5. The van der Waals surface area contributed by atoms with Crippen molar-refractivity contribution in [1.82, 2.24) is 102 Å². The Balaban J connectivity index is 1.25. The fourth-order valence-electron chi connectivity index (χ4n) is 8.02. The summed E-state index contributed by atoms with van der Waals surface area (Å²) in [6.07, 6.45) is 16.1. The highest BCUT2D eigenvalue weighted by molar-refractivity contribution is 7.98. The van der Waals surface area contributed by atoms with Crippen LogP contribution < -0.4 is 54.0 Å². The van der Waals surface area contributed by atoms with Crippen LogP contribution >= 0.6 is 11.8 Å². The van der Waals surface area contributed by atoms with Crippen molar-refractivity contribution < 1.29 is 53.1 Å². The van der Waals surface area contributed by atoms with Gasteiger partial charge in [0, 0.05) is 110 Å². The Morgan fingerprint density at radius 1 is 0.432 bits per heavy atom. The number of nitrogens with two attached hydrogens (primary N) is 2. The molecule has 0 aromatic carbocycles. The van der Waals surface area contributed by atoms with Crippen LogP contribution in [0.15, 0.2) is 75.1 Å². The maximum absolute atomic E-state index is 14.7. The van der Waals surface area contributed by atoms with E-state index in [0.717, 1.165) is 0 Å². The van der Waals surface area contributed by atoms with Crippen LogP contribution in [-0.2, 0) is 86.5 Å². The van der Waals surface area contributed by atoms with Crippen LogP contribution in [0.5, 0.6) is 0 Å². The summed E-state index contributed by atoms with van der Waals surface area (Å²) < 4.78 is 0. The van der Waals surface area contributed by atoms with Crippen molar-refractivity contribution in [3.63, 3.8) is 0 Å². The zero-order chi connectivity index (χ0) is 58.3. The second kappa shape index (κ2) is 30.4. The second-order valence-corrected chi connectivity index (χ2v) is 19.2. The second-order valence-electron chi connectivity index (χ2n) is 18.2. The van der Waals surface area contributed by atoms with Crippen LogP contribution in [0.3, 0.4) is 0 Å². The average molecular weight is 1140 g/mol. The Kier molecular flexibility index (Phi) is 22.7. The van der Waals surface area contributed by atoms with Gasteiger partial charge in [0.05, 0.1) is 50.9 Å². The third kappa shape index (κ3) is 19.3. The molecule has 0 bridgehead atoms. The molecule has 0 aliphatic carbocycles. The van der Waals surface area contributed by atoms with E-state index in [1.165, 1.54) is 86.9 Å². The van der Waals surface area contributed by atoms with Crippen molar-refractivity contribution in [2.75, 3.05) is 18.6 Å². The molecular formula is C47H62N22O11S. The molecule has 432 valence electrons. The highest BCUT2D eigenvalue weighted by Gasteiger charge is 2.36. The molecule has 0 fully saturated rings. The number of hydrogen-bond acceptors (Lipinski definition) is 18. The normalized spacial score (nSPS) is 14.0. The molecular weight excluding hydrogens is 1080 g/mol. The van der Waals surface area contributed by atoms with Crippen molar-refractivity contribution in [3.8, 4) is 0 Å². The third-order valence-electron chi connectivity index (χ3n) is 12.1. The van der Waals surface area contributed by atoms with E-state index in [4.69, 9.17) is 11.5 Å². The van der Waals surface area contributed by atoms with Crippen molar-refractivity contribution in [2.24, 2.45) is 11.5 Å². The van der Waals surface area contributed by atoms with Crippen molar-refractivity contribution in [2.45, 2.75) is 99.7 Å². The molecule has 0 spiro atoms. The van der Waals surface area contributed by atoms with Gasteiger partial charge >= 0.3 is 5.97 Å². The number of amides is 9. The number of aliphatic carboxylic acids is 1. The van der Waals surface area contributed by atoms with Crippen LogP contribution in [0, 0.1) is 0 Å². The number of aromatic nitrogens is 12. The zero-order valence-corrected chi connectivity index (χ0v) is 44.2. The van der Waals surface area contributed by atoms with E-state index in [2.05, 4.69) is 102 Å². The quantitative estimate of drug-likeness (QED) is 0.0179. The lowest BCUT2D eigenvalue weighted by atomic mass is 10.0. The topological polar surface area (TPSA) is 511 Å². The SMILES string of the molecule is CSCCC(NC(=O)C(CC(N)=O)NC(=O)C(Cc1cnc[nH]1)NC(=O)C(Cc1cnc[nH]1)NC(=O)C(Cc1cnc[nH]1)NC(=O)C(Cc1cnc[nH]1)NC(=O)C(Cc1cnc[nH]1)NC(=O)C(Cc1cnc[nH]1)NC(=O)CN)C(=O)O. The summed E-state index contributed by atoms with van der Waals surface area (Å²) in [6, 6.07) is -11.9. The van der Waals surface area contributed by atoms with E-state index < -0.39 is 120 Å². The van der Waals surface area contributed by atoms with Gasteiger partial charge in [-0.05, 0) is 18.4 Å². The lowest BCUT2D eigenvalue weighted by molar-refractivity contribution is -0.142. The smallest absolute Gasteiger partial charge is 0.326 e. The van der Waals surface area contributed by atoms with Gasteiger partial charge in [-0.1, -0.05) is 0 Å². The molecule has 6 heterocycles. The van der Waals surface area contributed by atoms with Crippen LogP contribution in [0.25, 0.3) is 0 Å². The summed E-state index contributed by atoms with van der Waals surface area (Å²) in [5, 5.41) is 30.3. The minimum Gasteiger partial charge on any atom is -0.480 e. The molecule has 6 aromatic heterocycles. The molecule has 0 aliphatic rings. The number of thioether (sulfide) groups is 1. The van der Waals surface area contributed by atoms with Gasteiger partial charge in [-0.25, -0.2) is 34.7 Å². The zero-order valence-electron chi connectivity index (χ0n) is 43.4. The molecule has 81 heavy (non-hydrogen) atoms. The number of carboxylic acids is 1. The van der Waals surface area contributed by atoms with Gasteiger partial charge in [0.25, 0.3) is 0 Å². The van der Waals surface area contributed by atoms with Gasteiger partial charge < -0.3 is 89.0 Å². The monoisotopic (exact) mass is 1140 g/mol. The van der Waals surface area contributed by atoms with Gasteiger partial charge in [-0.15, -0.1) is 0 Å². The third-order valence-corrected chi connectivity index (χ3v) is 12.8. The molecule has 0 saturated heterocycles. The predicted octanol–water partition coefficient (Wildman–Crippen LogP) is -5.67. The summed E-state index contributed by atoms with van der Waals surface area (Å²) in [5.41, 5.74) is 13.2. The molecule has 6 rings (SSSR count). The fourth-order valence-corrected chi connectivity index (χ4v) is 8.49. The van der Waals surface area contributed by atoms with Gasteiger partial charge in [0.15, 0.2) is 0 Å².